The van der Waals surface area contributed by atoms with Crippen molar-refractivity contribution in [3.8, 4) is 0 Å². The fourth-order valence-electron chi connectivity index (χ4n) is 2.89. The van der Waals surface area contributed by atoms with Gasteiger partial charge in [0.1, 0.15) is 0 Å². The van der Waals surface area contributed by atoms with Crippen LogP contribution in [0.5, 0.6) is 0 Å². The third kappa shape index (κ3) is 4.46. The summed E-state index contributed by atoms with van der Waals surface area (Å²) in [6.07, 6.45) is 2.32. The first-order valence-corrected chi connectivity index (χ1v) is 7.99. The van der Waals surface area contributed by atoms with Crippen LogP contribution in [0, 0.1) is 5.92 Å². The lowest BCUT2D eigenvalue weighted by atomic mass is 10.0. The molecule has 1 aliphatic heterocycles. The molecule has 0 bridgehead atoms. The van der Waals surface area contributed by atoms with Crippen LogP contribution in [0.2, 0.25) is 0 Å². The van der Waals surface area contributed by atoms with E-state index in [1.165, 1.54) is 12.0 Å². The van der Waals surface area contributed by atoms with E-state index in [2.05, 4.69) is 43.5 Å². The Balaban J connectivity index is 1.98. The molecular weight excluding hydrogens is 262 g/mol. The van der Waals surface area contributed by atoms with Crippen molar-refractivity contribution in [2.24, 2.45) is 5.92 Å². The summed E-state index contributed by atoms with van der Waals surface area (Å²) in [5.41, 5.74) is 2.07. The topological polar surface area (TPSA) is 44.4 Å². The highest BCUT2D eigenvalue weighted by Crippen LogP contribution is 2.19. The lowest BCUT2D eigenvalue weighted by Crippen LogP contribution is -2.41. The standard InChI is InChI=1S/C17H27N3O/c1-4-18-14(3)15-8-5-9-16(11-15)19-17(21)20-10-6-7-13(2)12-20/h5,8-9,11,13-14,18H,4,6-7,10,12H2,1-3H3,(H,19,21). The van der Waals surface area contributed by atoms with Crippen molar-refractivity contribution < 1.29 is 4.79 Å². The Morgan fingerprint density at radius 1 is 1.48 bits per heavy atom. The maximum Gasteiger partial charge on any atom is 0.321 e. The average Bonchev–Trinajstić information content (AvgIpc) is 2.48. The molecule has 2 atom stereocenters. The number of rotatable bonds is 4. The molecule has 4 heteroatoms. The van der Waals surface area contributed by atoms with Crippen molar-refractivity contribution in [3.05, 3.63) is 29.8 Å². The summed E-state index contributed by atoms with van der Waals surface area (Å²) < 4.78 is 0. The summed E-state index contributed by atoms with van der Waals surface area (Å²) in [6.45, 7) is 9.10. The van der Waals surface area contributed by atoms with E-state index >= 15 is 0 Å². The van der Waals surface area contributed by atoms with Crippen LogP contribution in [0.15, 0.2) is 24.3 Å². The summed E-state index contributed by atoms with van der Waals surface area (Å²) in [5.74, 6) is 0.601. The molecule has 2 N–H and O–H groups in total. The maximum atomic E-state index is 12.3. The van der Waals surface area contributed by atoms with Gasteiger partial charge in [0.2, 0.25) is 0 Å². The van der Waals surface area contributed by atoms with Crippen LogP contribution in [0.25, 0.3) is 0 Å². The number of hydrogen-bond donors (Lipinski definition) is 2. The minimum Gasteiger partial charge on any atom is -0.324 e. The molecule has 2 amide bonds. The van der Waals surface area contributed by atoms with Crippen molar-refractivity contribution in [2.75, 3.05) is 25.0 Å². The van der Waals surface area contributed by atoms with Crippen LogP contribution in [-0.4, -0.2) is 30.6 Å². The molecule has 0 aromatic heterocycles. The number of likely N-dealkylation sites (tertiary alicyclic amines) is 1. The molecule has 116 valence electrons. The Kier molecular flexibility index (Phi) is 5.62. The second-order valence-electron chi connectivity index (χ2n) is 6.03. The molecule has 0 spiro atoms. The molecule has 1 aliphatic rings. The van der Waals surface area contributed by atoms with Crippen LogP contribution in [0.4, 0.5) is 10.5 Å². The Hall–Kier alpha value is -1.55. The highest BCUT2D eigenvalue weighted by Gasteiger charge is 2.20. The molecule has 0 aliphatic carbocycles. The number of carbonyl (C=O) groups is 1. The number of urea groups is 1. The number of benzene rings is 1. The zero-order valence-electron chi connectivity index (χ0n) is 13.4. The molecule has 21 heavy (non-hydrogen) atoms. The Labute approximate surface area is 127 Å². The van der Waals surface area contributed by atoms with Gasteiger partial charge in [-0.25, -0.2) is 4.79 Å². The van der Waals surface area contributed by atoms with Crippen molar-refractivity contribution in [3.63, 3.8) is 0 Å². The third-order valence-electron chi connectivity index (χ3n) is 4.09. The predicted octanol–water partition coefficient (Wildman–Crippen LogP) is 3.62. The van der Waals surface area contributed by atoms with E-state index in [1.54, 1.807) is 0 Å². The first-order valence-electron chi connectivity index (χ1n) is 7.99. The second kappa shape index (κ2) is 7.46. The van der Waals surface area contributed by atoms with Gasteiger partial charge in [-0.05, 0) is 49.9 Å². The van der Waals surface area contributed by atoms with Crippen LogP contribution >= 0.6 is 0 Å². The van der Waals surface area contributed by atoms with Gasteiger partial charge in [0.25, 0.3) is 0 Å². The zero-order valence-corrected chi connectivity index (χ0v) is 13.4. The summed E-state index contributed by atoms with van der Waals surface area (Å²) >= 11 is 0. The van der Waals surface area contributed by atoms with Crippen LogP contribution in [0.3, 0.4) is 0 Å². The Morgan fingerprint density at radius 3 is 3.00 bits per heavy atom. The number of nitrogens with one attached hydrogen (secondary N) is 2. The summed E-state index contributed by atoms with van der Waals surface area (Å²) in [4.78, 5) is 14.2. The molecular formula is C17H27N3O. The highest BCUT2D eigenvalue weighted by atomic mass is 16.2. The lowest BCUT2D eigenvalue weighted by molar-refractivity contribution is 0.182. The van der Waals surface area contributed by atoms with Gasteiger partial charge >= 0.3 is 6.03 Å². The first-order chi connectivity index (χ1) is 10.1. The van der Waals surface area contributed by atoms with E-state index in [0.717, 1.165) is 31.7 Å². The van der Waals surface area contributed by atoms with Crippen LogP contribution in [0.1, 0.15) is 45.2 Å². The largest absolute Gasteiger partial charge is 0.324 e. The van der Waals surface area contributed by atoms with Gasteiger partial charge in [0.15, 0.2) is 0 Å². The lowest BCUT2D eigenvalue weighted by Gasteiger charge is -2.31. The normalized spacial score (nSPS) is 20.1. The minimum atomic E-state index is 0.0230. The molecule has 1 aromatic rings. The van der Waals surface area contributed by atoms with E-state index in [1.807, 2.05) is 17.0 Å². The molecule has 0 radical (unpaired) electrons. The molecule has 2 unspecified atom stereocenters. The van der Waals surface area contributed by atoms with E-state index in [0.29, 0.717) is 12.0 Å². The summed E-state index contributed by atoms with van der Waals surface area (Å²) in [6, 6.07) is 8.41. The van der Waals surface area contributed by atoms with Crippen molar-refractivity contribution in [2.45, 2.75) is 39.7 Å². The predicted molar refractivity (Wildman–Crippen MR) is 87.5 cm³/mol. The van der Waals surface area contributed by atoms with Gasteiger partial charge in [0, 0.05) is 24.8 Å². The van der Waals surface area contributed by atoms with Crippen molar-refractivity contribution >= 4 is 11.7 Å². The van der Waals surface area contributed by atoms with E-state index in [-0.39, 0.29) is 6.03 Å². The molecule has 1 heterocycles. The first kappa shape index (κ1) is 15.8. The van der Waals surface area contributed by atoms with Crippen molar-refractivity contribution in [1.82, 2.24) is 10.2 Å². The fourth-order valence-corrected chi connectivity index (χ4v) is 2.89. The van der Waals surface area contributed by atoms with Gasteiger partial charge in [-0.1, -0.05) is 26.0 Å². The SMILES string of the molecule is CCNC(C)c1cccc(NC(=O)N2CCCC(C)C2)c1. The number of carbonyl (C=O) groups excluding carboxylic acids is 1. The van der Waals surface area contributed by atoms with Crippen LogP contribution in [-0.2, 0) is 0 Å². The quantitative estimate of drug-likeness (QED) is 0.889. The van der Waals surface area contributed by atoms with Crippen molar-refractivity contribution in [1.29, 1.82) is 0 Å². The van der Waals surface area contributed by atoms with Gasteiger partial charge in [-0.15, -0.1) is 0 Å². The van der Waals surface area contributed by atoms with E-state index in [9.17, 15) is 4.79 Å². The second-order valence-corrected chi connectivity index (χ2v) is 6.03. The minimum absolute atomic E-state index is 0.0230. The Morgan fingerprint density at radius 2 is 2.29 bits per heavy atom. The van der Waals surface area contributed by atoms with Gasteiger partial charge in [-0.2, -0.15) is 0 Å². The number of anilines is 1. The molecule has 0 saturated carbocycles. The number of nitrogens with zero attached hydrogens (tertiary/aromatic N) is 1. The molecule has 1 aromatic carbocycles. The van der Waals surface area contributed by atoms with Gasteiger partial charge in [0.05, 0.1) is 0 Å². The van der Waals surface area contributed by atoms with Crippen LogP contribution < -0.4 is 10.6 Å². The highest BCUT2D eigenvalue weighted by molar-refractivity contribution is 5.89. The number of piperidine rings is 1. The van der Waals surface area contributed by atoms with Gasteiger partial charge < -0.3 is 15.5 Å². The smallest absolute Gasteiger partial charge is 0.321 e. The number of amides is 2. The molecule has 1 saturated heterocycles. The maximum absolute atomic E-state index is 12.3. The van der Waals surface area contributed by atoms with E-state index < -0.39 is 0 Å². The number of hydrogen-bond acceptors (Lipinski definition) is 2. The fraction of sp³-hybridized carbons (Fsp3) is 0.588. The molecule has 4 nitrogen and oxygen atoms in total. The monoisotopic (exact) mass is 289 g/mol. The third-order valence-corrected chi connectivity index (χ3v) is 4.09. The molecule has 2 rings (SSSR count). The summed E-state index contributed by atoms with van der Waals surface area (Å²) in [5, 5.41) is 6.42. The Bertz CT molecular complexity index is 475. The zero-order chi connectivity index (χ0) is 15.2. The molecule has 1 fully saturated rings. The van der Waals surface area contributed by atoms with E-state index in [4.69, 9.17) is 0 Å². The average molecular weight is 289 g/mol. The van der Waals surface area contributed by atoms with Gasteiger partial charge in [-0.3, -0.25) is 0 Å². The summed E-state index contributed by atoms with van der Waals surface area (Å²) in [7, 11) is 0.